The summed E-state index contributed by atoms with van der Waals surface area (Å²) in [5.74, 6) is -3.85. The van der Waals surface area contributed by atoms with Crippen LogP contribution in [0.1, 0.15) is 26.7 Å². The average Bonchev–Trinajstić information content (AvgIpc) is 2.31. The first-order valence-electron chi connectivity index (χ1n) is 6.29. The lowest BCUT2D eigenvalue weighted by Crippen LogP contribution is -3.11. The van der Waals surface area contributed by atoms with E-state index in [1.807, 2.05) is 19.2 Å². The molecule has 7 N–H and O–H groups in total. The number of carbonyl (C=O) groups excluding carboxylic acids is 1. The smallest absolute Gasteiger partial charge is 0.332 e. The first-order valence-corrected chi connectivity index (χ1v) is 6.29. The molecule has 0 spiro atoms. The number of quaternary nitrogens is 1. The van der Waals surface area contributed by atoms with Gasteiger partial charge in [-0.05, 0) is 12.3 Å². The Bertz CT molecular complexity index is 386. The van der Waals surface area contributed by atoms with Crippen LogP contribution in [0.15, 0.2) is 0 Å². The molecule has 0 aromatic rings. The number of aliphatic carboxylic acids is 2. The van der Waals surface area contributed by atoms with E-state index in [0.717, 1.165) is 0 Å². The predicted molar refractivity (Wildman–Crippen MR) is 69.2 cm³/mol. The highest BCUT2D eigenvalue weighted by Gasteiger charge is 2.37. The standard InChI is InChI=1S/C11H21N3O7/c1-5(2)3-6(12)10(17)13-9(11(18)19)7(14(20)21)4-8(15)16/h5-7,9,14,20H,3-4,12H2,1-2H3,(H,13,17)(H,15,16)(H,18,19)/t6-,7+,9-/m0/s1. The van der Waals surface area contributed by atoms with Gasteiger partial charge in [-0.1, -0.05) is 13.8 Å². The summed E-state index contributed by atoms with van der Waals surface area (Å²) in [7, 11) is 0. The van der Waals surface area contributed by atoms with E-state index in [2.05, 4.69) is 0 Å². The largest absolute Gasteiger partial charge is 0.600 e. The summed E-state index contributed by atoms with van der Waals surface area (Å²) in [6.45, 7) is 3.62. The van der Waals surface area contributed by atoms with Crippen LogP contribution in [-0.4, -0.2) is 51.4 Å². The van der Waals surface area contributed by atoms with Crippen molar-refractivity contribution in [1.29, 1.82) is 0 Å². The van der Waals surface area contributed by atoms with E-state index in [4.69, 9.17) is 21.2 Å². The van der Waals surface area contributed by atoms with Crippen LogP contribution in [0.3, 0.4) is 0 Å². The molecule has 0 fully saturated rings. The van der Waals surface area contributed by atoms with Gasteiger partial charge in [0.05, 0.1) is 6.04 Å². The summed E-state index contributed by atoms with van der Waals surface area (Å²) in [5.41, 5.74) is 5.58. The fraction of sp³-hybridized carbons (Fsp3) is 0.727. The number of carboxylic acids is 2. The van der Waals surface area contributed by atoms with Gasteiger partial charge in [0.2, 0.25) is 5.91 Å². The number of nitrogens with one attached hydrogen (secondary N) is 2. The van der Waals surface area contributed by atoms with E-state index in [1.165, 1.54) is 0 Å². The Labute approximate surface area is 121 Å². The van der Waals surface area contributed by atoms with Gasteiger partial charge in [0.1, 0.15) is 6.42 Å². The molecule has 0 bridgehead atoms. The minimum atomic E-state index is -1.86. The lowest BCUT2D eigenvalue weighted by atomic mass is 10.0. The highest BCUT2D eigenvalue weighted by atomic mass is 16.8. The SMILES string of the molecule is CC(C)C[C@H](N)C(=O)N[C@H](C(=O)O)[C@@H](CC(=O)O)[NH+]([O-])O. The molecule has 0 aromatic heterocycles. The number of carboxylic acid groups (broad SMARTS) is 2. The Hall–Kier alpha value is -1.75. The Kier molecular flexibility index (Phi) is 7.81. The predicted octanol–water partition coefficient (Wildman–Crippen LogP) is -2.46. The molecule has 10 heteroatoms. The van der Waals surface area contributed by atoms with Gasteiger partial charge < -0.3 is 26.5 Å². The molecule has 1 unspecified atom stereocenters. The Balaban J connectivity index is 5.00. The van der Waals surface area contributed by atoms with E-state index >= 15 is 0 Å². The van der Waals surface area contributed by atoms with Gasteiger partial charge in [-0.15, -0.1) is 0 Å². The highest BCUT2D eigenvalue weighted by Crippen LogP contribution is 2.04. The maximum absolute atomic E-state index is 11.8. The molecule has 1 amide bonds. The number of hydrogen-bond acceptors (Lipinski definition) is 6. The van der Waals surface area contributed by atoms with Crippen LogP contribution < -0.4 is 16.3 Å². The van der Waals surface area contributed by atoms with Crippen molar-refractivity contribution >= 4 is 17.8 Å². The van der Waals surface area contributed by atoms with Gasteiger partial charge in [0.15, 0.2) is 12.1 Å². The average molecular weight is 307 g/mol. The normalized spacial score (nSPS) is 16.9. The zero-order chi connectivity index (χ0) is 16.7. The fourth-order valence-corrected chi connectivity index (χ4v) is 1.75. The van der Waals surface area contributed by atoms with Crippen LogP contribution in [0.4, 0.5) is 0 Å². The number of hydrogen-bond donors (Lipinski definition) is 6. The number of carbonyl (C=O) groups is 3. The molecule has 0 aliphatic rings. The highest BCUT2D eigenvalue weighted by molar-refractivity contribution is 5.87. The maximum Gasteiger partial charge on any atom is 0.332 e. The van der Waals surface area contributed by atoms with Crippen LogP contribution in [0.5, 0.6) is 0 Å². The van der Waals surface area contributed by atoms with Gasteiger partial charge in [-0.3, -0.25) is 9.59 Å². The van der Waals surface area contributed by atoms with Gasteiger partial charge >= 0.3 is 11.9 Å². The monoisotopic (exact) mass is 307 g/mol. The molecule has 0 aliphatic carbocycles. The van der Waals surface area contributed by atoms with Crippen LogP contribution >= 0.6 is 0 Å². The number of hydroxylamine groups is 2. The summed E-state index contributed by atoms with van der Waals surface area (Å²) in [5, 5.41) is 37.9. The first kappa shape index (κ1) is 19.2. The zero-order valence-corrected chi connectivity index (χ0v) is 11.8. The second-order valence-electron chi connectivity index (χ2n) is 5.10. The van der Waals surface area contributed by atoms with Crippen LogP contribution in [0.2, 0.25) is 0 Å². The van der Waals surface area contributed by atoms with Crippen molar-refractivity contribution in [2.75, 3.05) is 0 Å². The van der Waals surface area contributed by atoms with E-state index in [1.54, 1.807) is 0 Å². The van der Waals surface area contributed by atoms with Crippen LogP contribution in [0, 0.1) is 11.1 Å². The van der Waals surface area contributed by atoms with Crippen molar-refractivity contribution in [3.8, 4) is 0 Å². The van der Waals surface area contributed by atoms with E-state index < -0.39 is 47.6 Å². The molecule has 21 heavy (non-hydrogen) atoms. The Morgan fingerprint density at radius 1 is 1.29 bits per heavy atom. The molecule has 0 heterocycles. The second-order valence-corrected chi connectivity index (χ2v) is 5.10. The number of rotatable bonds is 9. The third kappa shape index (κ3) is 6.99. The first-order chi connectivity index (χ1) is 9.56. The van der Waals surface area contributed by atoms with E-state index in [-0.39, 0.29) is 12.3 Å². The van der Waals surface area contributed by atoms with E-state index in [0.29, 0.717) is 0 Å². The maximum atomic E-state index is 11.8. The van der Waals surface area contributed by atoms with Crippen molar-refractivity contribution in [1.82, 2.24) is 5.32 Å². The quantitative estimate of drug-likeness (QED) is 0.254. The summed E-state index contributed by atoms with van der Waals surface area (Å²) in [4.78, 5) is 33.5. The van der Waals surface area contributed by atoms with Gasteiger partial charge in [-0.2, -0.15) is 0 Å². The molecule has 0 rings (SSSR count). The molecule has 0 saturated carbocycles. The molecule has 122 valence electrons. The Morgan fingerprint density at radius 3 is 2.14 bits per heavy atom. The zero-order valence-electron chi connectivity index (χ0n) is 11.8. The van der Waals surface area contributed by atoms with Crippen molar-refractivity contribution in [2.45, 2.75) is 44.8 Å². The molecule has 0 aliphatic heterocycles. The van der Waals surface area contributed by atoms with Crippen molar-refractivity contribution in [3.63, 3.8) is 0 Å². The third-order valence-corrected chi connectivity index (χ3v) is 2.74. The minimum Gasteiger partial charge on any atom is -0.600 e. The molecule has 0 aromatic carbocycles. The molecule has 10 nitrogen and oxygen atoms in total. The lowest BCUT2D eigenvalue weighted by Gasteiger charge is -2.29. The second kappa shape index (κ2) is 8.52. The lowest BCUT2D eigenvalue weighted by molar-refractivity contribution is -1.07. The van der Waals surface area contributed by atoms with Crippen molar-refractivity contribution in [2.24, 2.45) is 11.7 Å². The van der Waals surface area contributed by atoms with Crippen molar-refractivity contribution < 1.29 is 35.0 Å². The fourth-order valence-electron chi connectivity index (χ4n) is 1.75. The summed E-state index contributed by atoms with van der Waals surface area (Å²) >= 11 is 0. The summed E-state index contributed by atoms with van der Waals surface area (Å²) < 4.78 is 0. The van der Waals surface area contributed by atoms with Crippen LogP contribution in [-0.2, 0) is 14.4 Å². The minimum absolute atomic E-state index is 0.0864. The summed E-state index contributed by atoms with van der Waals surface area (Å²) in [6.07, 6.45) is -0.638. The topological polar surface area (TPSA) is 177 Å². The third-order valence-electron chi connectivity index (χ3n) is 2.74. The molecule has 0 saturated heterocycles. The number of amides is 1. The van der Waals surface area contributed by atoms with Gasteiger partial charge in [-0.25, -0.2) is 15.2 Å². The van der Waals surface area contributed by atoms with Crippen LogP contribution in [0.25, 0.3) is 0 Å². The van der Waals surface area contributed by atoms with Gasteiger partial charge in [0, 0.05) is 0 Å². The van der Waals surface area contributed by atoms with Crippen molar-refractivity contribution in [3.05, 3.63) is 5.21 Å². The molecule has 0 radical (unpaired) electrons. The molecular formula is C11H21N3O7. The van der Waals surface area contributed by atoms with Gasteiger partial charge in [0.25, 0.3) is 0 Å². The molecule has 4 atom stereocenters. The summed E-state index contributed by atoms with van der Waals surface area (Å²) in [6, 6.07) is -4.63. The van der Waals surface area contributed by atoms with E-state index in [9.17, 15) is 19.6 Å². The molecular weight excluding hydrogens is 286 g/mol. The number of nitrogens with two attached hydrogens (primary N) is 1. The Morgan fingerprint density at radius 2 is 1.81 bits per heavy atom.